The van der Waals surface area contributed by atoms with Gasteiger partial charge in [0.15, 0.2) is 0 Å². The Kier molecular flexibility index (Phi) is 7.36. The van der Waals surface area contributed by atoms with E-state index < -0.39 is 0 Å². The van der Waals surface area contributed by atoms with Crippen LogP contribution in [0, 0.1) is 17.8 Å². The largest absolute Gasteiger partial charge is 0.350 e. The van der Waals surface area contributed by atoms with Crippen LogP contribution in [0.3, 0.4) is 0 Å². The molecule has 4 atom stereocenters. The number of nitrogens with one attached hydrogen (secondary N) is 1. The van der Waals surface area contributed by atoms with Gasteiger partial charge < -0.3 is 10.2 Å². The Labute approximate surface area is 134 Å². The first-order valence-corrected chi connectivity index (χ1v) is 8.28. The topological polar surface area (TPSA) is 49.4 Å². The van der Waals surface area contributed by atoms with Gasteiger partial charge in [-0.1, -0.05) is 39.8 Å². The molecule has 2 saturated heterocycles. The summed E-state index contributed by atoms with van der Waals surface area (Å²) in [7, 11) is 0. The van der Waals surface area contributed by atoms with Gasteiger partial charge in [0.05, 0.1) is 0 Å². The molecule has 2 rings (SSSR count). The molecule has 4 nitrogen and oxygen atoms in total. The molecule has 2 aliphatic heterocycles. The Hall–Kier alpha value is -1.58. The van der Waals surface area contributed by atoms with Crippen LogP contribution in [-0.4, -0.2) is 29.3 Å². The monoisotopic (exact) mass is 306 g/mol. The zero-order valence-electron chi connectivity index (χ0n) is 14.2. The van der Waals surface area contributed by atoms with E-state index in [1.807, 2.05) is 13.8 Å². The summed E-state index contributed by atoms with van der Waals surface area (Å²) in [6, 6.07) is 0.212. The normalized spacial score (nSPS) is 31.7. The molecule has 0 radical (unpaired) electrons. The fourth-order valence-corrected chi connectivity index (χ4v) is 2.92. The van der Waals surface area contributed by atoms with E-state index in [4.69, 9.17) is 0 Å². The molecule has 0 aromatic carbocycles. The molecule has 4 heteroatoms. The van der Waals surface area contributed by atoms with Crippen LogP contribution in [0.15, 0.2) is 25.4 Å². The number of hydrogen-bond donors (Lipinski definition) is 1. The molecule has 1 N–H and O–H groups in total. The molecule has 22 heavy (non-hydrogen) atoms. The molecule has 0 aromatic heterocycles. The lowest BCUT2D eigenvalue weighted by Crippen LogP contribution is -2.41. The second-order valence-corrected chi connectivity index (χ2v) is 6.41. The standard InChI is InChI=1S/C10H17NO.C8H13NO/c1-4-9-6-8(3)10(12)11(5-2)7-9;1-3-7-5-4-6(2)8(10)9-7/h5,8-9H,2,4,6-7H2,1,3H3;3,6-7H,1,4-5H2,2H3,(H,9,10). The quantitative estimate of drug-likeness (QED) is 0.815. The van der Waals surface area contributed by atoms with Crippen molar-refractivity contribution in [1.82, 2.24) is 10.2 Å². The molecule has 2 aliphatic rings. The van der Waals surface area contributed by atoms with Gasteiger partial charge in [0.1, 0.15) is 0 Å². The average Bonchev–Trinajstić information content (AvgIpc) is 2.53. The first kappa shape index (κ1) is 18.5. The summed E-state index contributed by atoms with van der Waals surface area (Å²) in [4.78, 5) is 24.2. The molecule has 0 aromatic rings. The van der Waals surface area contributed by atoms with Crippen molar-refractivity contribution in [2.45, 2.75) is 52.5 Å². The van der Waals surface area contributed by atoms with Gasteiger partial charge in [-0.15, -0.1) is 6.58 Å². The lowest BCUT2D eigenvalue weighted by atomic mass is 9.88. The van der Waals surface area contributed by atoms with E-state index in [2.05, 4.69) is 25.4 Å². The number of likely N-dealkylation sites (tertiary alicyclic amines) is 1. The van der Waals surface area contributed by atoms with Crippen LogP contribution in [0.25, 0.3) is 0 Å². The van der Waals surface area contributed by atoms with Gasteiger partial charge >= 0.3 is 0 Å². The van der Waals surface area contributed by atoms with E-state index >= 15 is 0 Å². The SMILES string of the molecule is C=CC1CCC(C)C(=O)N1.C=CN1CC(CC)CC(C)C1=O. The maximum atomic E-state index is 11.5. The molecule has 4 unspecified atom stereocenters. The van der Waals surface area contributed by atoms with Gasteiger partial charge in [-0.3, -0.25) is 9.59 Å². The van der Waals surface area contributed by atoms with Gasteiger partial charge in [-0.2, -0.15) is 0 Å². The Morgan fingerprint density at radius 2 is 1.91 bits per heavy atom. The lowest BCUT2D eigenvalue weighted by Gasteiger charge is -2.33. The van der Waals surface area contributed by atoms with E-state index in [1.165, 1.54) is 0 Å². The van der Waals surface area contributed by atoms with Crippen LogP contribution in [0.1, 0.15) is 46.5 Å². The van der Waals surface area contributed by atoms with Gasteiger partial charge in [-0.05, 0) is 31.4 Å². The molecule has 2 fully saturated rings. The third kappa shape index (κ3) is 5.00. The number of amides is 2. The van der Waals surface area contributed by atoms with Crippen LogP contribution in [0.4, 0.5) is 0 Å². The second-order valence-electron chi connectivity index (χ2n) is 6.41. The van der Waals surface area contributed by atoms with E-state index in [0.29, 0.717) is 5.92 Å². The Bertz CT molecular complexity index is 419. The molecule has 124 valence electrons. The van der Waals surface area contributed by atoms with Crippen molar-refractivity contribution < 1.29 is 9.59 Å². The third-order valence-electron chi connectivity index (χ3n) is 4.61. The molecule has 0 bridgehead atoms. The fraction of sp³-hybridized carbons (Fsp3) is 0.667. The first-order valence-electron chi connectivity index (χ1n) is 8.28. The number of piperidine rings is 2. The molecule has 2 heterocycles. The van der Waals surface area contributed by atoms with Crippen LogP contribution < -0.4 is 5.32 Å². The summed E-state index contributed by atoms with van der Waals surface area (Å²) in [5, 5.41) is 2.86. The van der Waals surface area contributed by atoms with Crippen molar-refractivity contribution in [1.29, 1.82) is 0 Å². The van der Waals surface area contributed by atoms with Gasteiger partial charge in [0.25, 0.3) is 0 Å². The lowest BCUT2D eigenvalue weighted by molar-refractivity contribution is -0.136. The zero-order chi connectivity index (χ0) is 16.7. The van der Waals surface area contributed by atoms with Crippen LogP contribution >= 0.6 is 0 Å². The molecule has 0 saturated carbocycles. The molecule has 0 aliphatic carbocycles. The van der Waals surface area contributed by atoms with Gasteiger partial charge in [0.2, 0.25) is 11.8 Å². The summed E-state index contributed by atoms with van der Waals surface area (Å²) in [5.41, 5.74) is 0. The predicted octanol–water partition coefficient (Wildman–Crippen LogP) is 3.11. The maximum Gasteiger partial charge on any atom is 0.229 e. The highest BCUT2D eigenvalue weighted by Crippen LogP contribution is 2.24. The van der Waals surface area contributed by atoms with Crippen LogP contribution in [0.2, 0.25) is 0 Å². The Morgan fingerprint density at radius 3 is 2.41 bits per heavy atom. The van der Waals surface area contributed by atoms with E-state index in [9.17, 15) is 9.59 Å². The number of nitrogens with zero attached hydrogens (tertiary/aromatic N) is 1. The second kappa shape index (κ2) is 8.76. The first-order chi connectivity index (χ1) is 10.4. The number of rotatable bonds is 3. The average molecular weight is 306 g/mol. The van der Waals surface area contributed by atoms with Gasteiger partial charge in [-0.25, -0.2) is 0 Å². The van der Waals surface area contributed by atoms with Crippen molar-refractivity contribution in [3.05, 3.63) is 25.4 Å². The number of hydrogen-bond acceptors (Lipinski definition) is 2. The summed E-state index contributed by atoms with van der Waals surface area (Å²) in [5.74, 6) is 1.43. The van der Waals surface area contributed by atoms with Crippen molar-refractivity contribution in [3.63, 3.8) is 0 Å². The third-order valence-corrected chi connectivity index (χ3v) is 4.61. The smallest absolute Gasteiger partial charge is 0.229 e. The molecular formula is C18H30N2O2. The predicted molar refractivity (Wildman–Crippen MR) is 90.0 cm³/mol. The minimum atomic E-state index is 0.163. The number of carbonyl (C=O) groups excluding carboxylic acids is 2. The van der Waals surface area contributed by atoms with E-state index in [-0.39, 0.29) is 29.7 Å². The van der Waals surface area contributed by atoms with Crippen molar-refractivity contribution in [2.24, 2.45) is 17.8 Å². The number of carbonyl (C=O) groups is 2. The van der Waals surface area contributed by atoms with Crippen molar-refractivity contribution in [3.8, 4) is 0 Å². The minimum absolute atomic E-state index is 0.163. The Balaban J connectivity index is 0.000000224. The summed E-state index contributed by atoms with van der Waals surface area (Å²) >= 11 is 0. The molecule has 0 spiro atoms. The van der Waals surface area contributed by atoms with Crippen molar-refractivity contribution >= 4 is 11.8 Å². The van der Waals surface area contributed by atoms with Crippen molar-refractivity contribution in [2.75, 3.05) is 6.54 Å². The van der Waals surface area contributed by atoms with Gasteiger partial charge in [0, 0.05) is 24.4 Å². The highest BCUT2D eigenvalue weighted by Gasteiger charge is 2.28. The highest BCUT2D eigenvalue weighted by molar-refractivity contribution is 5.80. The molecular weight excluding hydrogens is 276 g/mol. The van der Waals surface area contributed by atoms with E-state index in [1.54, 1.807) is 17.2 Å². The summed E-state index contributed by atoms with van der Waals surface area (Å²) in [6.07, 6.45) is 7.67. The maximum absolute atomic E-state index is 11.5. The highest BCUT2D eigenvalue weighted by atomic mass is 16.2. The van der Waals surface area contributed by atoms with E-state index in [0.717, 1.165) is 32.2 Å². The summed E-state index contributed by atoms with van der Waals surface area (Å²) < 4.78 is 0. The zero-order valence-corrected chi connectivity index (χ0v) is 14.2. The Morgan fingerprint density at radius 1 is 1.23 bits per heavy atom. The minimum Gasteiger partial charge on any atom is -0.350 e. The fourth-order valence-electron chi connectivity index (χ4n) is 2.92. The summed E-state index contributed by atoms with van der Waals surface area (Å²) in [6.45, 7) is 14.3. The van der Waals surface area contributed by atoms with Crippen LogP contribution in [-0.2, 0) is 9.59 Å². The van der Waals surface area contributed by atoms with Crippen LogP contribution in [0.5, 0.6) is 0 Å². The molecule has 2 amide bonds.